The fourth-order valence-corrected chi connectivity index (χ4v) is 3.73. The molecule has 0 aliphatic carbocycles. The zero-order chi connectivity index (χ0) is 18.6. The molecule has 132 valence electrons. The van der Waals surface area contributed by atoms with Gasteiger partial charge in [0.15, 0.2) is 0 Å². The summed E-state index contributed by atoms with van der Waals surface area (Å²) in [4.78, 5) is 16.4. The number of aromatic nitrogens is 1. The molecule has 1 aliphatic rings. The third kappa shape index (κ3) is 2.35. The lowest BCUT2D eigenvalue weighted by atomic mass is 10.0. The van der Waals surface area contributed by atoms with Crippen molar-refractivity contribution in [3.8, 4) is 5.69 Å². The highest BCUT2D eigenvalue weighted by atomic mass is 19.1. The first kappa shape index (κ1) is 16.5. The number of fused-ring (bicyclic) bond motifs is 2. The Hall–Kier alpha value is -2.95. The van der Waals surface area contributed by atoms with Crippen molar-refractivity contribution in [2.24, 2.45) is 4.99 Å². The number of aryl methyl sites for hydroxylation is 1. The largest absolute Gasteiger partial charge is 0.478 e. The van der Waals surface area contributed by atoms with E-state index in [0.717, 1.165) is 28.0 Å². The van der Waals surface area contributed by atoms with Gasteiger partial charge >= 0.3 is 5.97 Å². The lowest BCUT2D eigenvalue weighted by Gasteiger charge is -2.15. The first-order valence-electron chi connectivity index (χ1n) is 8.59. The Balaban J connectivity index is 2.16. The molecular weight excluding hydrogens is 331 g/mol. The fraction of sp³-hybridized carbons (Fsp3) is 0.238. The van der Waals surface area contributed by atoms with Crippen LogP contribution < -0.4 is 0 Å². The summed E-state index contributed by atoms with van der Waals surface area (Å²) in [7, 11) is 0. The topological polar surface area (TPSA) is 54.6 Å². The van der Waals surface area contributed by atoms with Crippen molar-refractivity contribution < 1.29 is 14.3 Å². The van der Waals surface area contributed by atoms with Gasteiger partial charge in [-0.05, 0) is 59.9 Å². The Labute approximate surface area is 150 Å². The van der Waals surface area contributed by atoms with Crippen LogP contribution in [0.15, 0.2) is 35.3 Å². The van der Waals surface area contributed by atoms with Gasteiger partial charge in [-0.25, -0.2) is 9.18 Å². The molecule has 4 rings (SSSR count). The standard InChI is InChI=1S/C21H19FN2O2/c1-11(2)20-19(21(25)26)16-7-13-9-23-10-14(13)8-18(16)24(20)15-4-5-17(22)12(3)6-15/h4-8,10-11H,9H2,1-3H3,(H,25,26). The van der Waals surface area contributed by atoms with E-state index in [0.29, 0.717) is 23.1 Å². The number of benzene rings is 2. The molecule has 1 aromatic heterocycles. The predicted octanol–water partition coefficient (Wildman–Crippen LogP) is 4.83. The zero-order valence-corrected chi connectivity index (χ0v) is 14.9. The van der Waals surface area contributed by atoms with Crippen molar-refractivity contribution in [3.05, 3.63) is 64.1 Å². The second-order valence-corrected chi connectivity index (χ2v) is 7.03. The minimum absolute atomic E-state index is 0.0117. The molecule has 0 saturated heterocycles. The van der Waals surface area contributed by atoms with E-state index >= 15 is 0 Å². The van der Waals surface area contributed by atoms with Crippen LogP contribution in [-0.4, -0.2) is 21.9 Å². The lowest BCUT2D eigenvalue weighted by molar-refractivity contribution is 0.0697. The van der Waals surface area contributed by atoms with Crippen LogP contribution >= 0.6 is 0 Å². The van der Waals surface area contributed by atoms with Crippen LogP contribution in [0.1, 0.15) is 52.5 Å². The number of nitrogens with zero attached hydrogens (tertiary/aromatic N) is 2. The number of aliphatic imine (C=N–C) groups is 1. The number of hydrogen-bond donors (Lipinski definition) is 1. The van der Waals surface area contributed by atoms with Crippen LogP contribution in [-0.2, 0) is 6.54 Å². The highest BCUT2D eigenvalue weighted by molar-refractivity contribution is 6.07. The molecule has 2 heterocycles. The summed E-state index contributed by atoms with van der Waals surface area (Å²) in [5, 5.41) is 10.6. The highest BCUT2D eigenvalue weighted by Gasteiger charge is 2.26. The van der Waals surface area contributed by atoms with Crippen LogP contribution in [0.25, 0.3) is 16.6 Å². The number of rotatable bonds is 3. The Morgan fingerprint density at radius 2 is 2.04 bits per heavy atom. The van der Waals surface area contributed by atoms with E-state index in [1.54, 1.807) is 19.1 Å². The van der Waals surface area contributed by atoms with Gasteiger partial charge in [-0.1, -0.05) is 13.8 Å². The maximum Gasteiger partial charge on any atom is 0.338 e. The Bertz CT molecular complexity index is 1090. The molecule has 26 heavy (non-hydrogen) atoms. The molecule has 0 saturated carbocycles. The van der Waals surface area contributed by atoms with Gasteiger partial charge in [0.05, 0.1) is 17.6 Å². The van der Waals surface area contributed by atoms with E-state index in [4.69, 9.17) is 0 Å². The molecule has 5 heteroatoms. The van der Waals surface area contributed by atoms with Crippen molar-refractivity contribution >= 4 is 23.1 Å². The van der Waals surface area contributed by atoms with Gasteiger partial charge in [0.2, 0.25) is 0 Å². The predicted molar refractivity (Wildman–Crippen MR) is 100 cm³/mol. The number of hydrogen-bond acceptors (Lipinski definition) is 2. The molecule has 4 nitrogen and oxygen atoms in total. The molecule has 0 bridgehead atoms. The second kappa shape index (κ2) is 5.80. The fourth-order valence-electron chi connectivity index (χ4n) is 3.73. The molecule has 1 aliphatic heterocycles. The van der Waals surface area contributed by atoms with E-state index in [9.17, 15) is 14.3 Å². The number of carboxylic acid groups (broad SMARTS) is 1. The summed E-state index contributed by atoms with van der Waals surface area (Å²) in [5.41, 5.74) is 5.17. The molecule has 0 spiro atoms. The third-order valence-electron chi connectivity index (χ3n) is 4.92. The number of aromatic carboxylic acids is 1. The second-order valence-electron chi connectivity index (χ2n) is 7.03. The third-order valence-corrected chi connectivity index (χ3v) is 4.92. The van der Waals surface area contributed by atoms with Gasteiger partial charge in [0, 0.05) is 23.0 Å². The summed E-state index contributed by atoms with van der Waals surface area (Å²) in [6, 6.07) is 8.79. The molecule has 2 aromatic carbocycles. The molecule has 3 aromatic rings. The van der Waals surface area contributed by atoms with Crippen molar-refractivity contribution in [3.63, 3.8) is 0 Å². The first-order valence-corrected chi connectivity index (χ1v) is 8.59. The van der Waals surface area contributed by atoms with E-state index in [-0.39, 0.29) is 11.7 Å². The van der Waals surface area contributed by atoms with E-state index in [1.807, 2.05) is 36.8 Å². The Morgan fingerprint density at radius 1 is 1.27 bits per heavy atom. The molecule has 0 unspecified atom stereocenters. The highest BCUT2D eigenvalue weighted by Crippen LogP contribution is 2.36. The summed E-state index contributed by atoms with van der Waals surface area (Å²) < 4.78 is 15.7. The van der Waals surface area contributed by atoms with Gasteiger partial charge in [-0.3, -0.25) is 4.99 Å². The molecule has 0 radical (unpaired) electrons. The van der Waals surface area contributed by atoms with Crippen LogP contribution in [0.5, 0.6) is 0 Å². The molecule has 1 N–H and O–H groups in total. The van der Waals surface area contributed by atoms with Gasteiger partial charge in [0.1, 0.15) is 5.82 Å². The monoisotopic (exact) mass is 350 g/mol. The van der Waals surface area contributed by atoms with Crippen molar-refractivity contribution in [1.29, 1.82) is 0 Å². The van der Waals surface area contributed by atoms with Crippen molar-refractivity contribution in [2.75, 3.05) is 0 Å². The molecule has 0 atom stereocenters. The van der Waals surface area contributed by atoms with Crippen LogP contribution in [0.4, 0.5) is 4.39 Å². The summed E-state index contributed by atoms with van der Waals surface area (Å²) in [6.07, 6.45) is 1.82. The van der Waals surface area contributed by atoms with E-state index < -0.39 is 5.97 Å². The SMILES string of the molecule is Cc1cc(-n2c(C(C)C)c(C(=O)O)c3cc4c(cc32)C=NC4)ccc1F. The zero-order valence-electron chi connectivity index (χ0n) is 14.9. The van der Waals surface area contributed by atoms with Crippen LogP contribution in [0.2, 0.25) is 0 Å². The van der Waals surface area contributed by atoms with Crippen molar-refractivity contribution in [2.45, 2.75) is 33.2 Å². The molecule has 0 fully saturated rings. The van der Waals surface area contributed by atoms with Crippen LogP contribution in [0, 0.1) is 12.7 Å². The van der Waals surface area contributed by atoms with Crippen molar-refractivity contribution in [1.82, 2.24) is 4.57 Å². The van der Waals surface area contributed by atoms with E-state index in [2.05, 4.69) is 4.99 Å². The average molecular weight is 350 g/mol. The quantitative estimate of drug-likeness (QED) is 0.735. The average Bonchev–Trinajstić information content (AvgIpc) is 3.16. The van der Waals surface area contributed by atoms with Crippen LogP contribution in [0.3, 0.4) is 0 Å². The lowest BCUT2D eigenvalue weighted by Crippen LogP contribution is -2.08. The molecule has 0 amide bonds. The Morgan fingerprint density at radius 3 is 2.69 bits per heavy atom. The van der Waals surface area contributed by atoms with Gasteiger partial charge < -0.3 is 9.67 Å². The minimum atomic E-state index is -0.949. The number of carbonyl (C=O) groups is 1. The van der Waals surface area contributed by atoms with E-state index in [1.165, 1.54) is 6.07 Å². The van der Waals surface area contributed by atoms with Gasteiger partial charge in [0.25, 0.3) is 0 Å². The van der Waals surface area contributed by atoms with Gasteiger partial charge in [-0.15, -0.1) is 0 Å². The first-order chi connectivity index (χ1) is 12.4. The summed E-state index contributed by atoms with van der Waals surface area (Å²) in [6.45, 7) is 6.23. The maximum absolute atomic E-state index is 13.8. The Kier molecular flexibility index (Phi) is 3.68. The maximum atomic E-state index is 13.8. The molecular formula is C21H19FN2O2. The normalized spacial score (nSPS) is 13.0. The summed E-state index contributed by atoms with van der Waals surface area (Å²) >= 11 is 0. The van der Waals surface area contributed by atoms with Gasteiger partial charge in [-0.2, -0.15) is 0 Å². The number of halogens is 1. The minimum Gasteiger partial charge on any atom is -0.478 e. The smallest absolute Gasteiger partial charge is 0.338 e. The number of carboxylic acids is 1. The summed E-state index contributed by atoms with van der Waals surface area (Å²) in [5.74, 6) is -1.24.